The highest BCUT2D eigenvalue weighted by molar-refractivity contribution is 6.31. The molecule has 1 N–H and O–H groups in total. The van der Waals surface area contributed by atoms with Crippen molar-refractivity contribution < 1.29 is 19.1 Å². The quantitative estimate of drug-likeness (QED) is 0.824. The minimum absolute atomic E-state index is 0.118. The first kappa shape index (κ1) is 20.8. The maximum Gasteiger partial charge on any atom is 0.321 e. The normalized spacial score (nSPS) is 13.8. The van der Waals surface area contributed by atoms with E-state index < -0.39 is 0 Å². The summed E-state index contributed by atoms with van der Waals surface area (Å²) in [4.78, 5) is 28.8. The predicted molar refractivity (Wildman–Crippen MR) is 112 cm³/mol. The first-order chi connectivity index (χ1) is 13.9. The lowest BCUT2D eigenvalue weighted by molar-refractivity contribution is 0.0671. The van der Waals surface area contributed by atoms with Gasteiger partial charge in [0.2, 0.25) is 0 Å². The number of hydrogen-bond donors (Lipinski definition) is 1. The predicted octanol–water partition coefficient (Wildman–Crippen LogP) is 3.66. The second kappa shape index (κ2) is 9.05. The lowest BCUT2D eigenvalue weighted by atomic mass is 10.1. The van der Waals surface area contributed by atoms with E-state index in [1.54, 1.807) is 48.3 Å². The number of rotatable bonds is 4. The SMILES string of the molecule is COc1cc(OC)cc(C(=O)N2CCN(C(=O)Nc3ccc(C)c(Cl)c3)CC2)c1. The average molecular weight is 418 g/mol. The van der Waals surface area contributed by atoms with E-state index in [4.69, 9.17) is 21.1 Å². The van der Waals surface area contributed by atoms with Crippen molar-refractivity contribution in [2.45, 2.75) is 6.92 Å². The zero-order valence-corrected chi connectivity index (χ0v) is 17.5. The molecule has 1 fully saturated rings. The fraction of sp³-hybridized carbons (Fsp3) is 0.333. The highest BCUT2D eigenvalue weighted by Gasteiger charge is 2.25. The number of nitrogens with one attached hydrogen (secondary N) is 1. The second-order valence-electron chi connectivity index (χ2n) is 6.77. The molecule has 0 bridgehead atoms. The van der Waals surface area contributed by atoms with Crippen LogP contribution >= 0.6 is 11.6 Å². The van der Waals surface area contributed by atoms with E-state index in [1.165, 1.54) is 0 Å². The Bertz CT molecular complexity index is 889. The highest BCUT2D eigenvalue weighted by atomic mass is 35.5. The Labute approximate surface area is 175 Å². The summed E-state index contributed by atoms with van der Waals surface area (Å²) >= 11 is 6.11. The summed E-state index contributed by atoms with van der Waals surface area (Å²) < 4.78 is 10.5. The Morgan fingerprint density at radius 3 is 2.07 bits per heavy atom. The highest BCUT2D eigenvalue weighted by Crippen LogP contribution is 2.24. The molecular formula is C21H24ClN3O4. The monoisotopic (exact) mass is 417 g/mol. The van der Waals surface area contributed by atoms with Gasteiger partial charge < -0.3 is 24.6 Å². The molecule has 3 rings (SSSR count). The molecule has 0 saturated carbocycles. The molecule has 0 aliphatic carbocycles. The molecule has 1 saturated heterocycles. The van der Waals surface area contributed by atoms with Crippen molar-refractivity contribution in [2.75, 3.05) is 45.7 Å². The number of benzene rings is 2. The van der Waals surface area contributed by atoms with Crippen LogP contribution in [0.4, 0.5) is 10.5 Å². The van der Waals surface area contributed by atoms with Gasteiger partial charge >= 0.3 is 6.03 Å². The number of amides is 3. The van der Waals surface area contributed by atoms with Gasteiger partial charge in [0.05, 0.1) is 14.2 Å². The van der Waals surface area contributed by atoms with Crippen LogP contribution in [0.25, 0.3) is 0 Å². The minimum atomic E-state index is -0.208. The number of piperazine rings is 1. The Morgan fingerprint density at radius 2 is 1.52 bits per heavy atom. The number of ether oxygens (including phenoxy) is 2. The molecular weight excluding hydrogens is 394 g/mol. The zero-order valence-electron chi connectivity index (χ0n) is 16.7. The summed E-state index contributed by atoms with van der Waals surface area (Å²) in [5, 5.41) is 3.46. The summed E-state index contributed by atoms with van der Waals surface area (Å²) in [6, 6.07) is 10.3. The molecule has 2 aromatic rings. The molecule has 0 spiro atoms. The lowest BCUT2D eigenvalue weighted by Gasteiger charge is -2.34. The maximum absolute atomic E-state index is 12.9. The van der Waals surface area contributed by atoms with E-state index in [0.717, 1.165) is 5.56 Å². The maximum atomic E-state index is 12.9. The van der Waals surface area contributed by atoms with Crippen molar-refractivity contribution >= 4 is 29.2 Å². The smallest absolute Gasteiger partial charge is 0.321 e. The second-order valence-corrected chi connectivity index (χ2v) is 7.18. The van der Waals surface area contributed by atoms with Crippen LogP contribution in [0.5, 0.6) is 11.5 Å². The van der Waals surface area contributed by atoms with Crippen molar-refractivity contribution in [2.24, 2.45) is 0 Å². The summed E-state index contributed by atoms with van der Waals surface area (Å²) in [6.07, 6.45) is 0. The van der Waals surface area contributed by atoms with Gasteiger partial charge in [-0.15, -0.1) is 0 Å². The van der Waals surface area contributed by atoms with Crippen molar-refractivity contribution in [3.8, 4) is 11.5 Å². The summed E-state index contributed by atoms with van der Waals surface area (Å²) in [5.41, 5.74) is 2.09. The van der Waals surface area contributed by atoms with E-state index in [-0.39, 0.29) is 11.9 Å². The van der Waals surface area contributed by atoms with Crippen LogP contribution < -0.4 is 14.8 Å². The third kappa shape index (κ3) is 4.92. The Balaban J connectivity index is 1.60. The van der Waals surface area contributed by atoms with Gasteiger partial charge in [0.15, 0.2) is 0 Å². The fourth-order valence-electron chi connectivity index (χ4n) is 3.10. The Hall–Kier alpha value is -2.93. The van der Waals surface area contributed by atoms with Crippen molar-refractivity contribution in [3.63, 3.8) is 0 Å². The van der Waals surface area contributed by atoms with Gasteiger partial charge in [-0.2, -0.15) is 0 Å². The van der Waals surface area contributed by atoms with E-state index in [1.807, 2.05) is 19.1 Å². The van der Waals surface area contributed by atoms with Crippen LogP contribution in [0.15, 0.2) is 36.4 Å². The number of nitrogens with zero attached hydrogens (tertiary/aromatic N) is 2. The number of carbonyl (C=O) groups is 2. The average Bonchev–Trinajstić information content (AvgIpc) is 2.75. The lowest BCUT2D eigenvalue weighted by Crippen LogP contribution is -2.51. The Kier molecular flexibility index (Phi) is 6.49. The van der Waals surface area contributed by atoms with E-state index in [9.17, 15) is 9.59 Å². The van der Waals surface area contributed by atoms with E-state index in [2.05, 4.69) is 5.32 Å². The number of anilines is 1. The standard InChI is InChI=1S/C21H24ClN3O4/c1-14-4-5-16(12-19(14)22)23-21(27)25-8-6-24(7-9-25)20(26)15-10-17(28-2)13-18(11-15)29-3/h4-5,10-13H,6-9H2,1-3H3,(H,23,27). The number of methoxy groups -OCH3 is 2. The third-order valence-electron chi connectivity index (χ3n) is 4.88. The van der Waals surface area contributed by atoms with Gasteiger partial charge in [-0.05, 0) is 36.8 Å². The molecule has 0 unspecified atom stereocenters. The first-order valence-corrected chi connectivity index (χ1v) is 9.63. The molecule has 1 heterocycles. The van der Waals surface area contributed by atoms with E-state index in [0.29, 0.717) is 54.0 Å². The van der Waals surface area contributed by atoms with Crippen LogP contribution in [-0.4, -0.2) is 62.1 Å². The van der Waals surface area contributed by atoms with Crippen LogP contribution in [0.2, 0.25) is 5.02 Å². The molecule has 154 valence electrons. The van der Waals surface area contributed by atoms with Crippen LogP contribution in [0, 0.1) is 6.92 Å². The minimum Gasteiger partial charge on any atom is -0.497 e. The van der Waals surface area contributed by atoms with Gasteiger partial charge in [0, 0.05) is 48.5 Å². The van der Waals surface area contributed by atoms with Crippen LogP contribution in [-0.2, 0) is 0 Å². The van der Waals surface area contributed by atoms with Gasteiger partial charge in [0.25, 0.3) is 5.91 Å². The molecule has 2 aromatic carbocycles. The molecule has 0 aromatic heterocycles. The van der Waals surface area contributed by atoms with Crippen molar-refractivity contribution in [1.82, 2.24) is 9.80 Å². The zero-order chi connectivity index (χ0) is 21.0. The number of aryl methyl sites for hydroxylation is 1. The number of hydrogen-bond acceptors (Lipinski definition) is 4. The molecule has 0 atom stereocenters. The summed E-state index contributed by atoms with van der Waals surface area (Å²) in [5.74, 6) is 0.998. The van der Waals surface area contributed by atoms with Gasteiger partial charge in [-0.3, -0.25) is 4.79 Å². The fourth-order valence-corrected chi connectivity index (χ4v) is 3.28. The number of halogens is 1. The first-order valence-electron chi connectivity index (χ1n) is 9.25. The number of carbonyl (C=O) groups excluding carboxylic acids is 2. The molecule has 29 heavy (non-hydrogen) atoms. The summed E-state index contributed by atoms with van der Waals surface area (Å²) in [6.45, 7) is 3.68. The molecule has 3 amide bonds. The largest absolute Gasteiger partial charge is 0.497 e. The Morgan fingerprint density at radius 1 is 0.931 bits per heavy atom. The van der Waals surface area contributed by atoms with Crippen LogP contribution in [0.3, 0.4) is 0 Å². The molecule has 0 radical (unpaired) electrons. The van der Waals surface area contributed by atoms with Crippen LogP contribution in [0.1, 0.15) is 15.9 Å². The summed E-state index contributed by atoms with van der Waals surface area (Å²) in [7, 11) is 3.09. The van der Waals surface area contributed by atoms with Gasteiger partial charge in [0.1, 0.15) is 11.5 Å². The molecule has 1 aliphatic rings. The molecule has 7 nitrogen and oxygen atoms in total. The van der Waals surface area contributed by atoms with E-state index >= 15 is 0 Å². The van der Waals surface area contributed by atoms with Gasteiger partial charge in [-0.1, -0.05) is 17.7 Å². The topological polar surface area (TPSA) is 71.1 Å². The molecule has 8 heteroatoms. The van der Waals surface area contributed by atoms with Crippen molar-refractivity contribution in [1.29, 1.82) is 0 Å². The van der Waals surface area contributed by atoms with Gasteiger partial charge in [-0.25, -0.2) is 4.79 Å². The molecule has 1 aliphatic heterocycles. The van der Waals surface area contributed by atoms with Crippen molar-refractivity contribution in [3.05, 3.63) is 52.5 Å². The third-order valence-corrected chi connectivity index (χ3v) is 5.28. The number of urea groups is 1.